The fourth-order valence-electron chi connectivity index (χ4n) is 6.73. The predicted molar refractivity (Wildman–Crippen MR) is 235 cm³/mol. The summed E-state index contributed by atoms with van der Waals surface area (Å²) in [7, 11) is 2.97. The first-order chi connectivity index (χ1) is 23.1. The van der Waals surface area contributed by atoms with E-state index in [9.17, 15) is 0 Å². The monoisotopic (exact) mass is 772 g/mol. The van der Waals surface area contributed by atoms with Gasteiger partial charge >= 0.3 is 26.8 Å². The van der Waals surface area contributed by atoms with Crippen molar-refractivity contribution in [3.05, 3.63) is 172 Å². The molecule has 268 valence electrons. The van der Waals surface area contributed by atoms with Crippen LogP contribution in [0, 0.1) is 14.9 Å². The van der Waals surface area contributed by atoms with Crippen LogP contribution in [0.1, 0.15) is 52.7 Å². The molecule has 52 heavy (non-hydrogen) atoms. The minimum absolute atomic E-state index is 0. The van der Waals surface area contributed by atoms with Crippen LogP contribution >= 0.6 is 24.8 Å². The molecular formula is C48H50Cl2SiTi-4. The van der Waals surface area contributed by atoms with E-state index in [1.54, 1.807) is 19.2 Å². The van der Waals surface area contributed by atoms with E-state index in [4.69, 9.17) is 0 Å². The molecule has 0 fully saturated rings. The van der Waals surface area contributed by atoms with Crippen LogP contribution in [-0.2, 0) is 30.0 Å². The van der Waals surface area contributed by atoms with E-state index in [0.29, 0.717) is 0 Å². The second kappa shape index (κ2) is 18.6. The van der Waals surface area contributed by atoms with Crippen molar-refractivity contribution in [2.75, 3.05) is 0 Å². The summed E-state index contributed by atoms with van der Waals surface area (Å²) in [6.45, 7) is 13.7. The van der Waals surface area contributed by atoms with Crippen molar-refractivity contribution in [1.29, 1.82) is 0 Å². The first kappa shape index (κ1) is 44.7. The number of hydrogen-bond acceptors (Lipinski definition) is 0. The summed E-state index contributed by atoms with van der Waals surface area (Å²) in [5, 5.41) is 10.6. The summed E-state index contributed by atoms with van der Waals surface area (Å²) < 4.78 is 0. The van der Waals surface area contributed by atoms with Gasteiger partial charge in [0, 0.05) is 0 Å². The first-order valence-corrected chi connectivity index (χ1v) is 19.5. The third-order valence-corrected chi connectivity index (χ3v) is 9.39. The molecule has 8 aromatic carbocycles. The minimum atomic E-state index is 0. The zero-order chi connectivity index (χ0) is 34.1. The van der Waals surface area contributed by atoms with Crippen molar-refractivity contribution >= 4 is 75.5 Å². The van der Waals surface area contributed by atoms with Gasteiger partial charge in [0.25, 0.3) is 0 Å². The summed E-state index contributed by atoms with van der Waals surface area (Å²) in [5.74, 6) is 0. The Balaban J connectivity index is 0.000000320. The average molecular weight is 774 g/mol. The molecular weight excluding hydrogens is 723 g/mol. The fourth-order valence-corrected chi connectivity index (χ4v) is 6.73. The Morgan fingerprint density at radius 2 is 0.692 bits per heavy atom. The molecule has 0 nitrogen and oxygen atoms in total. The number of benzene rings is 6. The molecule has 0 saturated carbocycles. The molecule has 2 radical (unpaired) electrons. The first-order valence-electron chi connectivity index (χ1n) is 16.7. The molecule has 0 spiro atoms. The molecule has 8 aromatic rings. The van der Waals surface area contributed by atoms with Gasteiger partial charge in [-0.2, -0.15) is 12.1 Å². The van der Waals surface area contributed by atoms with Crippen LogP contribution < -0.4 is 0 Å². The van der Waals surface area contributed by atoms with Gasteiger partial charge < -0.3 is 14.9 Å². The molecule has 0 aliphatic carbocycles. The van der Waals surface area contributed by atoms with E-state index >= 15 is 0 Å². The summed E-state index contributed by atoms with van der Waals surface area (Å²) in [4.78, 5) is 0. The Bertz CT molecular complexity index is 2190. The quantitative estimate of drug-likeness (QED) is 0.121. The van der Waals surface area contributed by atoms with E-state index in [1.807, 2.05) is 0 Å². The van der Waals surface area contributed by atoms with Crippen LogP contribution in [-0.4, -0.2) is 7.63 Å². The van der Waals surface area contributed by atoms with Crippen molar-refractivity contribution in [3.8, 4) is 22.3 Å². The molecule has 0 heterocycles. The molecule has 0 saturated heterocycles. The van der Waals surface area contributed by atoms with Gasteiger partial charge in [-0.15, -0.1) is 93.9 Å². The van der Waals surface area contributed by atoms with E-state index in [-0.39, 0.29) is 50.5 Å². The van der Waals surface area contributed by atoms with Gasteiger partial charge in [-0.3, -0.25) is 0 Å². The number of hydrogen-bond donors (Lipinski definition) is 0. The van der Waals surface area contributed by atoms with Crippen molar-refractivity contribution in [2.45, 2.75) is 52.4 Å². The second-order valence-corrected chi connectivity index (χ2v) is 14.7. The third kappa shape index (κ3) is 9.19. The second-order valence-electron chi connectivity index (χ2n) is 14.7. The van der Waals surface area contributed by atoms with Crippen molar-refractivity contribution in [2.24, 2.45) is 0 Å². The topological polar surface area (TPSA) is 0 Å². The van der Waals surface area contributed by atoms with Crippen molar-refractivity contribution in [3.63, 3.8) is 0 Å². The van der Waals surface area contributed by atoms with Crippen molar-refractivity contribution < 1.29 is 19.2 Å². The molecule has 0 aromatic heterocycles. The van der Waals surface area contributed by atoms with E-state index in [2.05, 4.69) is 195 Å². The molecule has 0 amide bonds. The Hall–Kier alpha value is -3.43. The van der Waals surface area contributed by atoms with Gasteiger partial charge in [-0.05, 0) is 43.5 Å². The van der Waals surface area contributed by atoms with Gasteiger partial charge in [-0.25, -0.2) is 0 Å². The van der Waals surface area contributed by atoms with Gasteiger partial charge in [-0.1, -0.05) is 150 Å². The summed E-state index contributed by atoms with van der Waals surface area (Å²) >= 11 is 1.81. The standard InChI is InChI=1S/2C23H21.2CH3.2ClH.Si.Ti/c2*1-23(2,3)18-14-17-10-7-13-21(22(17)15-18)20-12-6-9-16-8-4-5-11-19(16)20;;;;;;/h2*4-15H,1-3H3;2*1H3;2*1H;;/q4*-1;;;;. The van der Waals surface area contributed by atoms with E-state index < -0.39 is 0 Å². The van der Waals surface area contributed by atoms with Gasteiger partial charge in [0.2, 0.25) is 0 Å². The number of rotatable bonds is 2. The molecule has 0 atom stereocenters. The van der Waals surface area contributed by atoms with Gasteiger partial charge in [0.1, 0.15) is 0 Å². The summed E-state index contributed by atoms with van der Waals surface area (Å²) in [5.41, 5.74) is 8.45. The normalized spacial score (nSPS) is 10.8. The molecule has 0 aliphatic rings. The predicted octanol–water partition coefficient (Wildman–Crippen LogP) is 14.7. The summed E-state index contributed by atoms with van der Waals surface area (Å²) in [6, 6.07) is 53.1. The SMILES string of the molecule is CC(C)(C)c1cc2c(-c3cccc4ccccc34)cccc2[cH-]1.CC(C)(C)c1cc2c(-c3cccc4ccccc34)cccc2[cH-]1.Cl.Cl.[CH3-].[CH3-].[Si]=[Ti]. The van der Waals surface area contributed by atoms with E-state index in [0.717, 1.165) is 0 Å². The van der Waals surface area contributed by atoms with Gasteiger partial charge in [0.05, 0.1) is 0 Å². The number of halogens is 2. The molecule has 0 aliphatic heterocycles. The summed E-state index contributed by atoms with van der Waals surface area (Å²) in [6.07, 6.45) is 0. The zero-order valence-electron chi connectivity index (χ0n) is 31.7. The van der Waals surface area contributed by atoms with Gasteiger partial charge in [0.15, 0.2) is 0 Å². The molecule has 4 heteroatoms. The molecule has 0 unspecified atom stereocenters. The van der Waals surface area contributed by atoms with Crippen LogP contribution in [0.3, 0.4) is 0 Å². The van der Waals surface area contributed by atoms with Crippen LogP contribution in [0.25, 0.3) is 65.3 Å². The Labute approximate surface area is 338 Å². The third-order valence-electron chi connectivity index (χ3n) is 9.39. The fraction of sp³-hybridized carbons (Fsp3) is 0.167. The zero-order valence-corrected chi connectivity index (χ0v) is 35.9. The van der Waals surface area contributed by atoms with Crippen LogP contribution in [0.2, 0.25) is 0 Å². The Kier molecular flexibility index (Phi) is 16.0. The molecule has 0 bridgehead atoms. The Morgan fingerprint density at radius 3 is 1.04 bits per heavy atom. The molecule has 8 rings (SSSR count). The van der Waals surface area contributed by atoms with Crippen LogP contribution in [0.15, 0.2) is 146 Å². The number of fused-ring (bicyclic) bond motifs is 4. The van der Waals surface area contributed by atoms with Crippen LogP contribution in [0.4, 0.5) is 0 Å². The maximum absolute atomic E-state index is 2.97. The Morgan fingerprint density at radius 1 is 0.404 bits per heavy atom. The van der Waals surface area contributed by atoms with E-state index in [1.165, 1.54) is 76.5 Å². The van der Waals surface area contributed by atoms with Crippen LogP contribution in [0.5, 0.6) is 0 Å². The molecule has 0 N–H and O–H groups in total. The van der Waals surface area contributed by atoms with Crippen molar-refractivity contribution in [1.82, 2.24) is 0 Å². The maximum atomic E-state index is 2.97. The average Bonchev–Trinajstić information content (AvgIpc) is 3.75.